The van der Waals surface area contributed by atoms with E-state index in [1.807, 2.05) is 0 Å². The van der Waals surface area contributed by atoms with Crippen molar-refractivity contribution < 1.29 is 9.84 Å². The molecule has 0 atom stereocenters. The van der Waals surface area contributed by atoms with Gasteiger partial charge in [-0.25, -0.2) is 0 Å². The summed E-state index contributed by atoms with van der Waals surface area (Å²) in [6, 6.07) is 5.45. The molecule has 0 heterocycles. The molecule has 7 heteroatoms. The largest absolute Gasteiger partial charge is 0.870 e. The Morgan fingerprint density at radius 1 is 0.684 bits per heavy atom. The van der Waals surface area contributed by atoms with Crippen LogP contribution in [0.1, 0.15) is 0 Å². The molecule has 0 radical (unpaired) electrons. The molecule has 2 nitrogen and oxygen atoms in total. The zero-order chi connectivity index (χ0) is 14.2. The molecule has 0 aromatic heterocycles. The third kappa shape index (κ3) is 3.33. The van der Waals surface area contributed by atoms with E-state index in [-0.39, 0.29) is 31.6 Å². The number of halogens is 5. The minimum absolute atomic E-state index is 0.0691. The maximum atomic E-state index is 11.7. The normalized spacial score (nSPS) is 10.6. The van der Waals surface area contributed by atoms with Gasteiger partial charge < -0.3 is 9.84 Å². The lowest BCUT2D eigenvalue weighted by Gasteiger charge is -2.17. The molecule has 0 aliphatic carbocycles. The lowest BCUT2D eigenvalue weighted by molar-refractivity contribution is -0.269. The quantitative estimate of drug-likeness (QED) is 0.678. The van der Waals surface area contributed by atoms with E-state index in [1.165, 1.54) is 24.3 Å². The Labute approximate surface area is 134 Å². The molecular weight excluding hydrogens is 353 g/mol. The molecule has 0 amide bonds. The van der Waals surface area contributed by atoms with Gasteiger partial charge in [-0.3, -0.25) is 0 Å². The fourth-order valence-electron chi connectivity index (χ4n) is 1.36. The monoisotopic (exact) mass is 355 g/mol. The Bertz CT molecular complexity index is 541. The minimum Gasteiger partial charge on any atom is -0.870 e. The van der Waals surface area contributed by atoms with Gasteiger partial charge in [0.05, 0.1) is 15.1 Å². The van der Waals surface area contributed by atoms with Gasteiger partial charge in [0, 0.05) is 10.0 Å². The summed E-state index contributed by atoms with van der Waals surface area (Å²) in [6.45, 7) is 0. The van der Waals surface area contributed by atoms with Crippen molar-refractivity contribution in [1.82, 2.24) is 0 Å². The Morgan fingerprint density at radius 3 is 1.58 bits per heavy atom. The summed E-state index contributed by atoms with van der Waals surface area (Å²) in [5, 5.41) is 12.7. The van der Waals surface area contributed by atoms with E-state index in [2.05, 4.69) is 0 Å². The molecule has 2 aromatic rings. The maximum Gasteiger partial charge on any atom is 0.164 e. The molecule has 0 spiro atoms. The van der Waals surface area contributed by atoms with Gasteiger partial charge in [-0.15, -0.1) is 0 Å². The zero-order valence-electron chi connectivity index (χ0n) is 9.02. The van der Waals surface area contributed by atoms with Crippen molar-refractivity contribution in [2.45, 2.75) is 0 Å². The van der Waals surface area contributed by atoms with Crippen molar-refractivity contribution in [3.8, 4) is 17.2 Å². The van der Waals surface area contributed by atoms with Crippen molar-refractivity contribution in [2.75, 3.05) is 0 Å². The van der Waals surface area contributed by atoms with Crippen molar-refractivity contribution in [1.29, 1.82) is 0 Å². The summed E-state index contributed by atoms with van der Waals surface area (Å²) < 4.78 is 5.39. The highest BCUT2D eigenvalue weighted by Gasteiger charge is 2.13. The molecule has 2 rings (SSSR count). The number of hydrogen-bond donors (Lipinski definition) is 0. The van der Waals surface area contributed by atoms with Crippen molar-refractivity contribution in [3.63, 3.8) is 0 Å². The second-order valence-corrected chi connectivity index (χ2v) is 5.61. The minimum atomic E-state index is -0.473. The summed E-state index contributed by atoms with van der Waals surface area (Å²) in [4.78, 5) is 0. The van der Waals surface area contributed by atoms with E-state index in [4.69, 9.17) is 62.7 Å². The van der Waals surface area contributed by atoms with Crippen LogP contribution in [0, 0.1) is 0 Å². The highest BCUT2D eigenvalue weighted by atomic mass is 35.5. The van der Waals surface area contributed by atoms with Gasteiger partial charge in [-0.1, -0.05) is 63.8 Å². The highest BCUT2D eigenvalue weighted by Crippen LogP contribution is 2.43. The van der Waals surface area contributed by atoms with Gasteiger partial charge >= 0.3 is 0 Å². The Morgan fingerprint density at radius 2 is 1.11 bits per heavy atom. The van der Waals surface area contributed by atoms with Crippen LogP contribution in [0.25, 0.3) is 0 Å². The molecule has 100 valence electrons. The van der Waals surface area contributed by atoms with E-state index < -0.39 is 5.75 Å². The van der Waals surface area contributed by atoms with Gasteiger partial charge in [-0.05, 0) is 24.3 Å². The fraction of sp³-hybridized carbons (Fsp3) is 0. The van der Waals surface area contributed by atoms with Crippen LogP contribution in [-0.2, 0) is 0 Å². The third-order valence-electron chi connectivity index (χ3n) is 2.14. The Kier molecular flexibility index (Phi) is 4.59. The molecule has 0 saturated carbocycles. The second kappa shape index (κ2) is 5.86. The van der Waals surface area contributed by atoms with E-state index in [9.17, 15) is 5.11 Å². The van der Waals surface area contributed by atoms with Gasteiger partial charge in [-0.2, -0.15) is 0 Å². The molecule has 0 aliphatic rings. The van der Waals surface area contributed by atoms with Gasteiger partial charge in [0.15, 0.2) is 5.75 Å². The lowest BCUT2D eigenvalue weighted by atomic mass is 10.3. The summed E-state index contributed by atoms with van der Waals surface area (Å²) in [6.07, 6.45) is 0. The van der Waals surface area contributed by atoms with Crippen LogP contribution in [0.15, 0.2) is 24.3 Å². The first-order valence-corrected chi connectivity index (χ1v) is 6.76. The predicted molar refractivity (Wildman–Crippen MR) is 77.5 cm³/mol. The van der Waals surface area contributed by atoms with Crippen LogP contribution in [0.4, 0.5) is 0 Å². The fourth-order valence-corrected chi connectivity index (χ4v) is 2.77. The van der Waals surface area contributed by atoms with Crippen LogP contribution in [-0.4, -0.2) is 0 Å². The number of hydrogen-bond acceptors (Lipinski definition) is 2. The Hall–Kier alpha value is -0.510. The SMILES string of the molecule is [O-]c1cc(Cl)cc(Cl)c1Oc1c(Cl)cc(Cl)cc1Cl. The average molecular weight is 357 g/mol. The van der Waals surface area contributed by atoms with E-state index in [1.54, 1.807) is 0 Å². The lowest BCUT2D eigenvalue weighted by Crippen LogP contribution is -1.96. The molecule has 0 N–H and O–H groups in total. The van der Waals surface area contributed by atoms with Crippen molar-refractivity contribution >= 4 is 58.0 Å². The van der Waals surface area contributed by atoms with Crippen molar-refractivity contribution in [2.24, 2.45) is 0 Å². The topological polar surface area (TPSA) is 32.3 Å². The summed E-state index contributed by atoms with van der Waals surface area (Å²) >= 11 is 29.3. The number of ether oxygens (including phenoxy) is 1. The average Bonchev–Trinajstić information content (AvgIpc) is 2.25. The summed E-state index contributed by atoms with van der Waals surface area (Å²) in [5.41, 5.74) is 0. The van der Waals surface area contributed by atoms with Crippen LogP contribution in [0.3, 0.4) is 0 Å². The third-order valence-corrected chi connectivity index (χ3v) is 3.42. The first kappa shape index (κ1) is 14.9. The molecule has 0 aliphatic heterocycles. The van der Waals surface area contributed by atoms with Crippen molar-refractivity contribution in [3.05, 3.63) is 49.4 Å². The maximum absolute atomic E-state index is 11.7. The number of rotatable bonds is 2. The first-order chi connectivity index (χ1) is 8.88. The predicted octanol–water partition coefficient (Wildman–Crippen LogP) is 5.82. The Balaban J connectivity index is 2.48. The molecule has 2 aromatic carbocycles. The van der Waals surface area contributed by atoms with Gasteiger partial charge in [0.25, 0.3) is 0 Å². The van der Waals surface area contributed by atoms with Gasteiger partial charge in [0.1, 0.15) is 5.75 Å². The van der Waals surface area contributed by atoms with Crippen LogP contribution < -0.4 is 9.84 Å². The molecular formula is C12H4Cl5O2-. The molecule has 0 saturated heterocycles. The van der Waals surface area contributed by atoms with Gasteiger partial charge in [0.2, 0.25) is 0 Å². The standard InChI is InChI=1S/C12H5Cl5O2/c13-5-1-7(15)11(8(16)2-5)19-12-9(17)3-6(14)4-10(12)18/h1-4,18H/p-1. The molecule has 0 fully saturated rings. The zero-order valence-corrected chi connectivity index (χ0v) is 12.8. The number of benzene rings is 2. The summed E-state index contributed by atoms with van der Waals surface area (Å²) in [7, 11) is 0. The van der Waals surface area contributed by atoms with E-state index >= 15 is 0 Å². The van der Waals surface area contributed by atoms with E-state index in [0.29, 0.717) is 5.02 Å². The van der Waals surface area contributed by atoms with Crippen LogP contribution in [0.2, 0.25) is 25.1 Å². The van der Waals surface area contributed by atoms with E-state index in [0.717, 1.165) is 0 Å². The molecule has 0 bridgehead atoms. The molecule has 19 heavy (non-hydrogen) atoms. The van der Waals surface area contributed by atoms with Crippen LogP contribution in [0.5, 0.6) is 17.2 Å². The first-order valence-electron chi connectivity index (χ1n) is 4.87. The molecule has 0 unspecified atom stereocenters. The summed E-state index contributed by atoms with van der Waals surface area (Å²) in [5.74, 6) is -0.467. The van der Waals surface area contributed by atoms with Crippen LogP contribution >= 0.6 is 58.0 Å². The highest BCUT2D eigenvalue weighted by molar-refractivity contribution is 6.40. The smallest absolute Gasteiger partial charge is 0.164 e. The second-order valence-electron chi connectivity index (χ2n) is 3.52.